The fourth-order valence-electron chi connectivity index (χ4n) is 1.68. The van der Waals surface area contributed by atoms with Gasteiger partial charge in [0.15, 0.2) is 0 Å². The van der Waals surface area contributed by atoms with Crippen molar-refractivity contribution in [2.75, 3.05) is 11.9 Å². The second kappa shape index (κ2) is 6.56. The van der Waals surface area contributed by atoms with Crippen molar-refractivity contribution in [3.8, 4) is 0 Å². The highest BCUT2D eigenvalue weighted by Crippen LogP contribution is 2.18. The van der Waals surface area contributed by atoms with E-state index in [0.29, 0.717) is 5.82 Å². The Balaban J connectivity index is 2.62. The fraction of sp³-hybridized carbons (Fsp3) is 0.692. The van der Waals surface area contributed by atoms with Gasteiger partial charge in [-0.15, -0.1) is 0 Å². The third-order valence-corrected chi connectivity index (χ3v) is 2.93. The molecule has 0 aliphatic rings. The summed E-state index contributed by atoms with van der Waals surface area (Å²) in [7, 11) is 0. The molecule has 0 fully saturated rings. The van der Waals surface area contributed by atoms with Crippen molar-refractivity contribution in [1.29, 1.82) is 0 Å². The van der Waals surface area contributed by atoms with E-state index in [1.54, 1.807) is 16.9 Å². The summed E-state index contributed by atoms with van der Waals surface area (Å²) in [5.74, 6) is 0.657. The molecule has 0 spiro atoms. The molecule has 0 saturated heterocycles. The Morgan fingerprint density at radius 1 is 1.53 bits per heavy atom. The minimum Gasteiger partial charge on any atom is -0.394 e. The molecule has 6 heteroatoms. The lowest BCUT2D eigenvalue weighted by atomic mass is 9.87. The number of carbonyl (C=O) groups excluding carboxylic acids is 1. The Kier molecular flexibility index (Phi) is 5.35. The van der Waals surface area contributed by atoms with Crippen molar-refractivity contribution in [2.45, 2.75) is 46.7 Å². The van der Waals surface area contributed by atoms with E-state index in [9.17, 15) is 9.90 Å². The number of urea groups is 1. The van der Waals surface area contributed by atoms with Crippen molar-refractivity contribution in [3.05, 3.63) is 12.3 Å². The Bertz CT molecular complexity index is 409. The summed E-state index contributed by atoms with van der Waals surface area (Å²) in [6.07, 6.45) is 2.60. The first-order valence-corrected chi connectivity index (χ1v) is 6.58. The second-order valence-corrected chi connectivity index (χ2v) is 5.64. The molecule has 0 radical (unpaired) electrons. The summed E-state index contributed by atoms with van der Waals surface area (Å²) >= 11 is 0. The van der Waals surface area contributed by atoms with E-state index in [-0.39, 0.29) is 24.1 Å². The lowest BCUT2D eigenvalue weighted by Crippen LogP contribution is -2.47. The summed E-state index contributed by atoms with van der Waals surface area (Å²) in [4.78, 5) is 11.9. The third kappa shape index (κ3) is 4.55. The van der Waals surface area contributed by atoms with Gasteiger partial charge in [-0.3, -0.25) is 5.32 Å². The van der Waals surface area contributed by atoms with Crippen molar-refractivity contribution in [2.24, 2.45) is 5.41 Å². The van der Waals surface area contributed by atoms with Gasteiger partial charge in [0.1, 0.15) is 5.82 Å². The van der Waals surface area contributed by atoms with Crippen LogP contribution in [0, 0.1) is 5.41 Å². The van der Waals surface area contributed by atoms with Crippen LogP contribution in [0.25, 0.3) is 0 Å². The molecule has 108 valence electrons. The number of carbonyl (C=O) groups is 1. The molecule has 0 saturated carbocycles. The molecule has 0 aliphatic heterocycles. The van der Waals surface area contributed by atoms with Crippen LogP contribution >= 0.6 is 0 Å². The van der Waals surface area contributed by atoms with Gasteiger partial charge >= 0.3 is 6.03 Å². The Morgan fingerprint density at radius 3 is 2.74 bits per heavy atom. The number of hydrogen-bond donors (Lipinski definition) is 3. The zero-order valence-electron chi connectivity index (χ0n) is 12.1. The number of aromatic nitrogens is 2. The van der Waals surface area contributed by atoms with Gasteiger partial charge in [-0.25, -0.2) is 9.48 Å². The standard InChI is InChI=1S/C13H24N4O2/c1-5-8-17-11(6-7-14-17)16-12(19)15-10(9-18)13(2,3)4/h6-7,10,18H,5,8-9H2,1-4H3,(H2,15,16,19)/t10-/m1/s1. The molecule has 2 amide bonds. The van der Waals surface area contributed by atoms with Crippen molar-refractivity contribution < 1.29 is 9.90 Å². The summed E-state index contributed by atoms with van der Waals surface area (Å²) in [6, 6.07) is 1.13. The van der Waals surface area contributed by atoms with E-state index in [1.165, 1.54) is 0 Å². The predicted octanol–water partition coefficient (Wildman–Crippen LogP) is 1.82. The number of rotatable bonds is 5. The molecule has 0 unspecified atom stereocenters. The number of nitrogens with one attached hydrogen (secondary N) is 2. The molecule has 1 atom stereocenters. The highest BCUT2D eigenvalue weighted by Gasteiger charge is 2.25. The Hall–Kier alpha value is -1.56. The maximum absolute atomic E-state index is 11.9. The zero-order chi connectivity index (χ0) is 14.5. The van der Waals surface area contributed by atoms with E-state index < -0.39 is 0 Å². The molecule has 0 bridgehead atoms. The third-order valence-electron chi connectivity index (χ3n) is 2.93. The van der Waals surface area contributed by atoms with E-state index >= 15 is 0 Å². The molecule has 0 aliphatic carbocycles. The Morgan fingerprint density at radius 2 is 2.21 bits per heavy atom. The smallest absolute Gasteiger partial charge is 0.320 e. The molecule has 1 heterocycles. The number of aryl methyl sites for hydroxylation is 1. The van der Waals surface area contributed by atoms with Crippen molar-refractivity contribution in [3.63, 3.8) is 0 Å². The predicted molar refractivity (Wildman–Crippen MR) is 75.0 cm³/mol. The summed E-state index contributed by atoms with van der Waals surface area (Å²) in [6.45, 7) is 8.61. The van der Waals surface area contributed by atoms with Gasteiger partial charge < -0.3 is 10.4 Å². The maximum Gasteiger partial charge on any atom is 0.320 e. The lowest BCUT2D eigenvalue weighted by molar-refractivity contribution is 0.162. The molecule has 1 rings (SSSR count). The number of aliphatic hydroxyl groups is 1. The van der Waals surface area contributed by atoms with Crippen LogP contribution < -0.4 is 10.6 Å². The maximum atomic E-state index is 11.9. The highest BCUT2D eigenvalue weighted by molar-refractivity contribution is 5.88. The minimum absolute atomic E-state index is 0.0921. The molecule has 0 aromatic carbocycles. The fourth-order valence-corrected chi connectivity index (χ4v) is 1.68. The van der Waals surface area contributed by atoms with Crippen LogP contribution in [-0.2, 0) is 6.54 Å². The quantitative estimate of drug-likeness (QED) is 0.762. The van der Waals surface area contributed by atoms with Crippen LogP contribution in [0.15, 0.2) is 12.3 Å². The van der Waals surface area contributed by atoms with Crippen LogP contribution in [0.1, 0.15) is 34.1 Å². The molecule has 19 heavy (non-hydrogen) atoms. The molecule has 3 N–H and O–H groups in total. The first kappa shape index (κ1) is 15.5. The van der Waals surface area contributed by atoms with Gasteiger partial charge in [0, 0.05) is 12.6 Å². The first-order chi connectivity index (χ1) is 8.88. The van der Waals surface area contributed by atoms with Gasteiger partial charge in [-0.1, -0.05) is 27.7 Å². The largest absolute Gasteiger partial charge is 0.394 e. The molecule has 1 aromatic heterocycles. The summed E-state index contributed by atoms with van der Waals surface area (Å²) < 4.78 is 1.74. The number of hydrogen-bond acceptors (Lipinski definition) is 3. The normalized spacial score (nSPS) is 13.1. The van der Waals surface area contributed by atoms with E-state index in [1.807, 2.05) is 27.7 Å². The summed E-state index contributed by atoms with van der Waals surface area (Å²) in [5.41, 5.74) is -0.199. The number of nitrogens with zero attached hydrogens (tertiary/aromatic N) is 2. The van der Waals surface area contributed by atoms with E-state index in [0.717, 1.165) is 13.0 Å². The van der Waals surface area contributed by atoms with Gasteiger partial charge in [0.05, 0.1) is 18.8 Å². The SMILES string of the molecule is CCCn1nccc1NC(=O)N[C@H](CO)C(C)(C)C. The van der Waals surface area contributed by atoms with E-state index in [4.69, 9.17) is 0 Å². The van der Waals surface area contributed by atoms with Crippen molar-refractivity contribution >= 4 is 11.8 Å². The number of amides is 2. The lowest BCUT2D eigenvalue weighted by Gasteiger charge is -2.29. The average molecular weight is 268 g/mol. The molecule has 1 aromatic rings. The molecular weight excluding hydrogens is 244 g/mol. The molecular formula is C13H24N4O2. The van der Waals surface area contributed by atoms with Crippen molar-refractivity contribution in [1.82, 2.24) is 15.1 Å². The first-order valence-electron chi connectivity index (χ1n) is 6.58. The van der Waals surface area contributed by atoms with Crippen LogP contribution in [-0.4, -0.2) is 33.6 Å². The summed E-state index contributed by atoms with van der Waals surface area (Å²) in [5, 5.41) is 19.0. The van der Waals surface area contributed by atoms with Crippen LogP contribution in [0.3, 0.4) is 0 Å². The topological polar surface area (TPSA) is 79.2 Å². The van der Waals surface area contributed by atoms with Crippen LogP contribution in [0.2, 0.25) is 0 Å². The van der Waals surface area contributed by atoms with Crippen LogP contribution in [0.4, 0.5) is 10.6 Å². The zero-order valence-corrected chi connectivity index (χ0v) is 12.1. The average Bonchev–Trinajstić information content (AvgIpc) is 2.72. The number of aliphatic hydroxyl groups excluding tert-OH is 1. The minimum atomic E-state index is -0.327. The number of anilines is 1. The van der Waals surface area contributed by atoms with E-state index in [2.05, 4.69) is 15.7 Å². The van der Waals surface area contributed by atoms with Crippen LogP contribution in [0.5, 0.6) is 0 Å². The Labute approximate surface area is 114 Å². The van der Waals surface area contributed by atoms with Gasteiger partial charge in [0.25, 0.3) is 0 Å². The highest BCUT2D eigenvalue weighted by atomic mass is 16.3. The van der Waals surface area contributed by atoms with Gasteiger partial charge in [-0.05, 0) is 11.8 Å². The monoisotopic (exact) mass is 268 g/mol. The molecule has 6 nitrogen and oxygen atoms in total. The van der Waals surface area contributed by atoms with Gasteiger partial charge in [-0.2, -0.15) is 5.10 Å². The second-order valence-electron chi connectivity index (χ2n) is 5.64. The van der Waals surface area contributed by atoms with Gasteiger partial charge in [0.2, 0.25) is 0 Å².